The zero-order valence-corrected chi connectivity index (χ0v) is 22.8. The number of ether oxygens (including phenoxy) is 1. The van der Waals surface area contributed by atoms with Crippen LogP contribution in [-0.4, -0.2) is 45.5 Å². The molecule has 3 atom stereocenters. The Morgan fingerprint density at radius 2 is 2.05 bits per heavy atom. The number of nitrogens with one attached hydrogen (secondary N) is 2. The van der Waals surface area contributed by atoms with E-state index < -0.39 is 11.7 Å². The number of hydrogen-bond donors (Lipinski definition) is 3. The quantitative estimate of drug-likeness (QED) is 0.162. The minimum absolute atomic E-state index is 0.0186. The van der Waals surface area contributed by atoms with E-state index in [1.807, 2.05) is 27.7 Å². The second-order valence-corrected chi connectivity index (χ2v) is 12.8. The number of hydrogen-bond acceptors (Lipinski definition) is 7. The summed E-state index contributed by atoms with van der Waals surface area (Å²) in [5.74, 6) is 0.477. The van der Waals surface area contributed by atoms with Crippen molar-refractivity contribution < 1.29 is 18.7 Å². The number of para-hydroxylation sites is 1. The molecule has 202 valence electrons. The fraction of sp³-hybridized carbons (Fsp3) is 0.464. The van der Waals surface area contributed by atoms with Gasteiger partial charge in [0.15, 0.2) is 0 Å². The van der Waals surface area contributed by atoms with Crippen LogP contribution in [0.25, 0.3) is 22.4 Å². The van der Waals surface area contributed by atoms with Crippen LogP contribution in [0, 0.1) is 5.82 Å². The number of unbranched alkanes of at least 4 members (excludes halogenated alkanes) is 1. The number of primary amides is 1. The molecule has 0 aliphatic carbocycles. The number of nitrogens with zero attached hydrogens (tertiary/aromatic N) is 1. The van der Waals surface area contributed by atoms with Gasteiger partial charge in [0.05, 0.1) is 16.6 Å². The van der Waals surface area contributed by atoms with Crippen molar-refractivity contribution in [1.82, 2.24) is 15.3 Å². The maximum atomic E-state index is 15.2. The van der Waals surface area contributed by atoms with Gasteiger partial charge in [-0.3, -0.25) is 9.59 Å². The van der Waals surface area contributed by atoms with E-state index in [1.54, 1.807) is 24.3 Å². The van der Waals surface area contributed by atoms with Gasteiger partial charge >= 0.3 is 5.97 Å². The number of esters is 1. The van der Waals surface area contributed by atoms with Crippen molar-refractivity contribution in [1.29, 1.82) is 0 Å². The maximum absolute atomic E-state index is 15.2. The zero-order valence-electron chi connectivity index (χ0n) is 21.2. The third kappa shape index (κ3) is 6.52. The second-order valence-electron chi connectivity index (χ2n) is 10.00. The fourth-order valence-corrected chi connectivity index (χ4v) is 8.21. The highest BCUT2D eigenvalue weighted by molar-refractivity contribution is 8.77. The highest BCUT2D eigenvalue weighted by Gasteiger charge is 2.25. The van der Waals surface area contributed by atoms with Gasteiger partial charge < -0.3 is 20.8 Å². The van der Waals surface area contributed by atoms with E-state index in [4.69, 9.17) is 10.5 Å². The van der Waals surface area contributed by atoms with Gasteiger partial charge in [-0.05, 0) is 68.4 Å². The Kier molecular flexibility index (Phi) is 8.91. The lowest BCUT2D eigenvalue weighted by Crippen LogP contribution is -2.40. The highest BCUT2D eigenvalue weighted by atomic mass is 33.1. The summed E-state index contributed by atoms with van der Waals surface area (Å²) in [5.41, 5.74) is 7.97. The number of H-pyrrole nitrogens is 1. The molecular weight excluding hydrogens is 523 g/mol. The number of imidazole rings is 1. The molecule has 38 heavy (non-hydrogen) atoms. The number of nitrogens with two attached hydrogens (primary N) is 1. The topological polar surface area (TPSA) is 110 Å². The van der Waals surface area contributed by atoms with Crippen molar-refractivity contribution in [2.75, 3.05) is 12.4 Å². The Bertz CT molecular complexity index is 1290. The lowest BCUT2D eigenvalue weighted by atomic mass is 9.93. The zero-order chi connectivity index (χ0) is 26.5. The molecule has 5 rings (SSSR count). The Labute approximate surface area is 229 Å². The van der Waals surface area contributed by atoms with Gasteiger partial charge in [-0.25, -0.2) is 9.37 Å². The number of piperidine rings is 1. The first kappa shape index (κ1) is 27.0. The standard InChI is InChI=1S/C28H33FN4O3S2/c29-22-15-17(11-12-20(22)28-32-24-9-4-7-21(27(30)35)26(24)33-28)23-8-3-5-18(31-23)16-36-25(34)10-2-1-6-19-13-14-37-38-19/h4,7,9,11-12,15,18-19,23,31H,1-3,5-6,8,10,13-14,16H2,(H2,30,35)(H,32,33). The fourth-order valence-electron chi connectivity index (χ4n) is 5.18. The summed E-state index contributed by atoms with van der Waals surface area (Å²) in [7, 11) is 3.93. The van der Waals surface area contributed by atoms with Gasteiger partial charge in [0, 0.05) is 29.5 Å². The molecule has 2 aliphatic rings. The van der Waals surface area contributed by atoms with Crippen molar-refractivity contribution in [3.05, 3.63) is 53.3 Å². The number of halogens is 1. The lowest BCUT2D eigenvalue weighted by Gasteiger charge is -2.31. The van der Waals surface area contributed by atoms with Crippen LogP contribution < -0.4 is 11.1 Å². The molecule has 3 unspecified atom stereocenters. The number of carbonyl (C=O) groups excluding carboxylic acids is 2. The van der Waals surface area contributed by atoms with E-state index >= 15 is 4.39 Å². The van der Waals surface area contributed by atoms with Gasteiger partial charge in [-0.2, -0.15) is 0 Å². The minimum atomic E-state index is -0.578. The van der Waals surface area contributed by atoms with Gasteiger partial charge in [-0.15, -0.1) is 0 Å². The van der Waals surface area contributed by atoms with Gasteiger partial charge in [0.1, 0.15) is 23.8 Å². The van der Waals surface area contributed by atoms with Crippen LogP contribution in [0.1, 0.15) is 73.3 Å². The predicted molar refractivity (Wildman–Crippen MR) is 151 cm³/mol. The van der Waals surface area contributed by atoms with Crippen LogP contribution in [0.5, 0.6) is 0 Å². The third-order valence-electron chi connectivity index (χ3n) is 7.24. The molecule has 7 nitrogen and oxygen atoms in total. The summed E-state index contributed by atoms with van der Waals surface area (Å²) in [6.45, 7) is 0.339. The van der Waals surface area contributed by atoms with E-state index in [0.717, 1.165) is 42.9 Å². The average Bonchev–Trinajstić information content (AvgIpc) is 3.60. The van der Waals surface area contributed by atoms with Gasteiger partial charge in [0.2, 0.25) is 0 Å². The summed E-state index contributed by atoms with van der Waals surface area (Å²) >= 11 is 0. The molecule has 0 saturated carbocycles. The van der Waals surface area contributed by atoms with Crippen molar-refractivity contribution in [2.45, 2.75) is 68.7 Å². The van der Waals surface area contributed by atoms with Crippen molar-refractivity contribution >= 4 is 44.5 Å². The molecule has 4 N–H and O–H groups in total. The van der Waals surface area contributed by atoms with Crippen LogP contribution in [0.15, 0.2) is 36.4 Å². The normalized spacial score (nSPS) is 21.6. The number of rotatable bonds is 10. The summed E-state index contributed by atoms with van der Waals surface area (Å²) in [6, 6.07) is 10.3. The molecule has 10 heteroatoms. The number of carbonyl (C=O) groups is 2. The van der Waals surface area contributed by atoms with E-state index in [1.165, 1.54) is 24.7 Å². The van der Waals surface area contributed by atoms with Crippen LogP contribution >= 0.6 is 21.6 Å². The van der Waals surface area contributed by atoms with Crippen molar-refractivity contribution in [3.63, 3.8) is 0 Å². The van der Waals surface area contributed by atoms with Crippen LogP contribution in [0.4, 0.5) is 4.39 Å². The summed E-state index contributed by atoms with van der Waals surface area (Å²) < 4.78 is 20.8. The Morgan fingerprint density at radius 1 is 1.16 bits per heavy atom. The largest absolute Gasteiger partial charge is 0.464 e. The molecule has 0 radical (unpaired) electrons. The highest BCUT2D eigenvalue weighted by Crippen LogP contribution is 2.40. The van der Waals surface area contributed by atoms with Gasteiger partial charge in [0.25, 0.3) is 5.91 Å². The molecule has 0 spiro atoms. The molecule has 2 aliphatic heterocycles. The predicted octanol–water partition coefficient (Wildman–Crippen LogP) is 5.91. The first-order chi connectivity index (χ1) is 18.5. The summed E-state index contributed by atoms with van der Waals surface area (Å²) in [4.78, 5) is 31.5. The van der Waals surface area contributed by atoms with Crippen LogP contribution in [-0.2, 0) is 9.53 Å². The SMILES string of the molecule is NC(=O)c1cccc2[nH]c(-c3ccc(C4CCCC(COC(=O)CCCCC5CCSS5)N4)cc3F)nc12. The number of benzene rings is 2. The Hall–Kier alpha value is -2.56. The molecule has 1 amide bonds. The molecule has 2 saturated heterocycles. The number of amides is 1. The lowest BCUT2D eigenvalue weighted by molar-refractivity contribution is -0.144. The van der Waals surface area contributed by atoms with E-state index in [2.05, 4.69) is 15.3 Å². The molecule has 2 aromatic carbocycles. The summed E-state index contributed by atoms with van der Waals surface area (Å²) in [5, 5.41) is 4.28. The van der Waals surface area contributed by atoms with E-state index in [9.17, 15) is 9.59 Å². The van der Waals surface area contributed by atoms with Gasteiger partial charge in [-0.1, -0.05) is 40.1 Å². The molecule has 3 heterocycles. The first-order valence-corrected chi connectivity index (χ1v) is 15.6. The average molecular weight is 557 g/mol. The molecule has 0 bridgehead atoms. The first-order valence-electron chi connectivity index (χ1n) is 13.3. The van der Waals surface area contributed by atoms with Crippen molar-refractivity contribution in [3.8, 4) is 11.4 Å². The minimum Gasteiger partial charge on any atom is -0.464 e. The van der Waals surface area contributed by atoms with Crippen molar-refractivity contribution in [2.24, 2.45) is 5.73 Å². The number of fused-ring (bicyclic) bond motifs is 1. The monoisotopic (exact) mass is 556 g/mol. The number of aromatic nitrogens is 2. The Balaban J connectivity index is 1.15. The maximum Gasteiger partial charge on any atom is 0.305 e. The second kappa shape index (κ2) is 12.5. The molecule has 2 fully saturated rings. The van der Waals surface area contributed by atoms with Crippen LogP contribution in [0.2, 0.25) is 0 Å². The third-order valence-corrected chi connectivity index (χ3v) is 10.2. The smallest absolute Gasteiger partial charge is 0.305 e. The van der Waals surface area contributed by atoms with E-state index in [0.29, 0.717) is 41.0 Å². The molecule has 1 aromatic heterocycles. The summed E-state index contributed by atoms with van der Waals surface area (Å²) in [6.07, 6.45) is 7.64. The Morgan fingerprint density at radius 3 is 2.84 bits per heavy atom. The van der Waals surface area contributed by atoms with E-state index in [-0.39, 0.29) is 18.1 Å². The number of aromatic amines is 1. The van der Waals surface area contributed by atoms with Crippen LogP contribution in [0.3, 0.4) is 0 Å². The molecule has 3 aromatic rings. The molecular formula is C28H33FN4O3S2.